The van der Waals surface area contributed by atoms with Crippen LogP contribution in [-0.2, 0) is 9.53 Å². The number of nitrogens with two attached hydrogens (primary N) is 1. The van der Waals surface area contributed by atoms with Crippen LogP contribution >= 0.6 is 0 Å². The summed E-state index contributed by atoms with van der Waals surface area (Å²) >= 11 is 0. The standard InChI is InChI=1S/C15H17FN2O4/c16-12-5-1-3-10(7-12)13(19)9-22-14(20)11-4-2-6-18(8-11)15(17)21/h1,3,5,7,11H,2,4,6,8-9H2,(H2,17,21)/t11-/m1/s1. The van der Waals surface area contributed by atoms with Gasteiger partial charge in [-0.15, -0.1) is 0 Å². The number of likely N-dealkylation sites (tertiary alicyclic amines) is 1. The van der Waals surface area contributed by atoms with Crippen LogP contribution in [0.2, 0.25) is 0 Å². The fraction of sp³-hybridized carbons (Fsp3) is 0.400. The first kappa shape index (κ1) is 15.9. The summed E-state index contributed by atoms with van der Waals surface area (Å²) < 4.78 is 18.0. The third kappa shape index (κ3) is 4.03. The Morgan fingerprint density at radius 1 is 1.36 bits per heavy atom. The molecule has 0 unspecified atom stereocenters. The van der Waals surface area contributed by atoms with Gasteiger partial charge in [0, 0.05) is 18.7 Å². The average molecular weight is 308 g/mol. The summed E-state index contributed by atoms with van der Waals surface area (Å²) in [5.74, 6) is -2.03. The van der Waals surface area contributed by atoms with Crippen LogP contribution in [0.15, 0.2) is 24.3 Å². The number of amides is 2. The van der Waals surface area contributed by atoms with Crippen LogP contribution in [0.1, 0.15) is 23.2 Å². The molecule has 0 bridgehead atoms. The van der Waals surface area contributed by atoms with Gasteiger partial charge in [-0.1, -0.05) is 12.1 Å². The van der Waals surface area contributed by atoms with E-state index in [0.29, 0.717) is 19.4 Å². The molecule has 1 heterocycles. The van der Waals surface area contributed by atoms with Gasteiger partial charge >= 0.3 is 12.0 Å². The number of ketones is 1. The van der Waals surface area contributed by atoms with Gasteiger partial charge in [0.15, 0.2) is 12.4 Å². The summed E-state index contributed by atoms with van der Waals surface area (Å²) in [6.45, 7) is 0.263. The fourth-order valence-electron chi connectivity index (χ4n) is 2.37. The summed E-state index contributed by atoms with van der Waals surface area (Å²) in [7, 11) is 0. The highest BCUT2D eigenvalue weighted by Crippen LogP contribution is 2.17. The summed E-state index contributed by atoms with van der Waals surface area (Å²) in [4.78, 5) is 36.3. The van der Waals surface area contributed by atoms with Crippen molar-refractivity contribution < 1.29 is 23.5 Å². The molecule has 0 aromatic heterocycles. The van der Waals surface area contributed by atoms with E-state index in [1.807, 2.05) is 0 Å². The maximum Gasteiger partial charge on any atom is 0.314 e. The Morgan fingerprint density at radius 3 is 2.82 bits per heavy atom. The van der Waals surface area contributed by atoms with Crippen molar-refractivity contribution in [3.8, 4) is 0 Å². The number of carbonyl (C=O) groups excluding carboxylic acids is 3. The number of hydrogen-bond donors (Lipinski definition) is 1. The molecule has 0 spiro atoms. The normalized spacial score (nSPS) is 17.9. The lowest BCUT2D eigenvalue weighted by atomic mass is 9.98. The lowest BCUT2D eigenvalue weighted by Crippen LogP contribution is -2.45. The molecule has 6 nitrogen and oxygen atoms in total. The highest BCUT2D eigenvalue weighted by atomic mass is 19.1. The average Bonchev–Trinajstić information content (AvgIpc) is 2.52. The topological polar surface area (TPSA) is 89.7 Å². The van der Waals surface area contributed by atoms with Crippen LogP contribution in [0.3, 0.4) is 0 Å². The summed E-state index contributed by atoms with van der Waals surface area (Å²) in [6.07, 6.45) is 1.23. The van der Waals surface area contributed by atoms with Crippen molar-refractivity contribution in [3.05, 3.63) is 35.6 Å². The van der Waals surface area contributed by atoms with E-state index in [1.54, 1.807) is 0 Å². The van der Waals surface area contributed by atoms with E-state index in [1.165, 1.54) is 23.1 Å². The first-order valence-electron chi connectivity index (χ1n) is 6.97. The van der Waals surface area contributed by atoms with Gasteiger partial charge in [0.2, 0.25) is 0 Å². The number of primary amides is 1. The molecule has 118 valence electrons. The van der Waals surface area contributed by atoms with E-state index in [2.05, 4.69) is 0 Å². The monoisotopic (exact) mass is 308 g/mol. The number of benzene rings is 1. The smallest absolute Gasteiger partial charge is 0.314 e. The third-order valence-electron chi connectivity index (χ3n) is 3.56. The minimum atomic E-state index is -0.576. The Morgan fingerprint density at radius 2 is 2.14 bits per heavy atom. The lowest BCUT2D eigenvalue weighted by molar-refractivity contribution is -0.148. The molecule has 1 atom stereocenters. The molecule has 7 heteroatoms. The third-order valence-corrected chi connectivity index (χ3v) is 3.56. The van der Waals surface area contributed by atoms with Gasteiger partial charge < -0.3 is 15.4 Å². The molecule has 0 aliphatic carbocycles. The van der Waals surface area contributed by atoms with Crippen LogP contribution in [-0.4, -0.2) is 42.4 Å². The van der Waals surface area contributed by atoms with Crippen molar-refractivity contribution in [2.24, 2.45) is 11.7 Å². The Kier molecular flexibility index (Phi) is 5.08. The highest BCUT2D eigenvalue weighted by molar-refractivity contribution is 5.98. The number of hydrogen-bond acceptors (Lipinski definition) is 4. The van der Waals surface area contributed by atoms with Crippen LogP contribution in [0.25, 0.3) is 0 Å². The molecular weight excluding hydrogens is 291 g/mol. The second-order valence-electron chi connectivity index (χ2n) is 5.16. The molecule has 2 amide bonds. The van der Waals surface area contributed by atoms with Gasteiger partial charge in [-0.25, -0.2) is 9.18 Å². The minimum absolute atomic E-state index is 0.148. The first-order valence-corrected chi connectivity index (χ1v) is 6.97. The summed E-state index contributed by atoms with van der Waals surface area (Å²) in [5.41, 5.74) is 5.34. The zero-order chi connectivity index (χ0) is 16.1. The van der Waals surface area contributed by atoms with Crippen molar-refractivity contribution in [1.29, 1.82) is 0 Å². The SMILES string of the molecule is NC(=O)N1CCC[C@@H](C(=O)OCC(=O)c2cccc(F)c2)C1. The maximum absolute atomic E-state index is 13.0. The Balaban J connectivity index is 1.87. The van der Waals surface area contributed by atoms with Gasteiger partial charge in [-0.2, -0.15) is 0 Å². The van der Waals surface area contributed by atoms with Crippen LogP contribution < -0.4 is 5.73 Å². The Bertz CT molecular complexity index is 591. The fourth-order valence-corrected chi connectivity index (χ4v) is 2.37. The zero-order valence-electron chi connectivity index (χ0n) is 12.0. The quantitative estimate of drug-likeness (QED) is 0.671. The number of nitrogens with zero attached hydrogens (tertiary/aromatic N) is 1. The molecule has 22 heavy (non-hydrogen) atoms. The molecule has 1 aromatic carbocycles. The number of piperidine rings is 1. The Labute approximate surface area is 127 Å². The molecule has 1 aromatic rings. The first-order chi connectivity index (χ1) is 10.5. The van der Waals surface area contributed by atoms with E-state index >= 15 is 0 Å². The van der Waals surface area contributed by atoms with Crippen LogP contribution in [0, 0.1) is 11.7 Å². The van der Waals surface area contributed by atoms with Gasteiger partial charge in [-0.3, -0.25) is 9.59 Å². The number of halogens is 1. The number of carbonyl (C=O) groups is 3. The molecule has 1 aliphatic rings. The molecule has 1 aliphatic heterocycles. The molecule has 1 saturated heterocycles. The number of ether oxygens (including phenoxy) is 1. The van der Waals surface area contributed by atoms with Crippen LogP contribution in [0.4, 0.5) is 9.18 Å². The van der Waals surface area contributed by atoms with E-state index < -0.39 is 36.1 Å². The number of rotatable bonds is 4. The molecule has 1 fully saturated rings. The van der Waals surface area contributed by atoms with Gasteiger partial charge in [-0.05, 0) is 25.0 Å². The van der Waals surface area contributed by atoms with Crippen molar-refractivity contribution in [3.63, 3.8) is 0 Å². The molecule has 2 rings (SSSR count). The van der Waals surface area contributed by atoms with Crippen LogP contribution in [0.5, 0.6) is 0 Å². The molecular formula is C15H17FN2O4. The van der Waals surface area contributed by atoms with Gasteiger partial charge in [0.25, 0.3) is 0 Å². The van der Waals surface area contributed by atoms with Crippen molar-refractivity contribution in [1.82, 2.24) is 4.90 Å². The second-order valence-corrected chi connectivity index (χ2v) is 5.16. The summed E-state index contributed by atoms with van der Waals surface area (Å²) in [5, 5.41) is 0. The van der Waals surface area contributed by atoms with Gasteiger partial charge in [0.1, 0.15) is 5.82 Å². The lowest BCUT2D eigenvalue weighted by Gasteiger charge is -2.30. The van der Waals surface area contributed by atoms with E-state index in [0.717, 1.165) is 6.07 Å². The zero-order valence-corrected chi connectivity index (χ0v) is 12.0. The number of esters is 1. The maximum atomic E-state index is 13.0. The molecule has 0 saturated carbocycles. The molecule has 0 radical (unpaired) electrons. The minimum Gasteiger partial charge on any atom is -0.457 e. The van der Waals surface area contributed by atoms with E-state index in [4.69, 9.17) is 10.5 Å². The van der Waals surface area contributed by atoms with Gasteiger partial charge in [0.05, 0.1) is 5.92 Å². The van der Waals surface area contributed by atoms with E-state index in [9.17, 15) is 18.8 Å². The van der Waals surface area contributed by atoms with Crippen molar-refractivity contribution in [2.45, 2.75) is 12.8 Å². The van der Waals surface area contributed by atoms with E-state index in [-0.39, 0.29) is 12.1 Å². The number of Topliss-reactive ketones (excluding diaryl/α,β-unsaturated/α-hetero) is 1. The Hall–Kier alpha value is -2.44. The van der Waals surface area contributed by atoms with Crippen molar-refractivity contribution in [2.75, 3.05) is 19.7 Å². The number of urea groups is 1. The van der Waals surface area contributed by atoms with Crippen molar-refractivity contribution >= 4 is 17.8 Å². The predicted octanol–water partition coefficient (Wildman–Crippen LogP) is 1.34. The largest absolute Gasteiger partial charge is 0.457 e. The highest BCUT2D eigenvalue weighted by Gasteiger charge is 2.29. The second kappa shape index (κ2) is 7.02. The predicted molar refractivity (Wildman–Crippen MR) is 75.6 cm³/mol. The summed E-state index contributed by atoms with van der Waals surface area (Å²) in [6, 6.07) is 4.60. The molecule has 2 N–H and O–H groups in total.